The van der Waals surface area contributed by atoms with Gasteiger partial charge in [-0.15, -0.1) is 0 Å². The maximum atomic E-state index is 14.0. The summed E-state index contributed by atoms with van der Waals surface area (Å²) in [4.78, 5) is 37.9. The number of carbonyl (C=O) groups excluding carboxylic acids is 1. The van der Waals surface area contributed by atoms with Crippen molar-refractivity contribution < 1.29 is 27.6 Å². The number of nitrogens with one attached hydrogen (secondary N) is 3. The van der Waals surface area contributed by atoms with Gasteiger partial charge in [0.1, 0.15) is 22.8 Å². The average Bonchev–Trinajstić information content (AvgIpc) is 3.98. The van der Waals surface area contributed by atoms with Crippen LogP contribution in [0.4, 0.5) is 17.1 Å². The highest BCUT2D eigenvalue weighted by Gasteiger charge is 2.50. The monoisotopic (exact) mass is 903 g/mol. The number of sulfonamides is 1. The number of ether oxygens (including phenoxy) is 2. The Kier molecular flexibility index (Phi) is 12.4. The van der Waals surface area contributed by atoms with Crippen LogP contribution in [-0.4, -0.2) is 79.0 Å². The van der Waals surface area contributed by atoms with Gasteiger partial charge in [-0.05, 0) is 136 Å². The summed E-state index contributed by atoms with van der Waals surface area (Å²) in [5.74, 6) is 0.671. The Morgan fingerprint density at radius 3 is 2.49 bits per heavy atom. The summed E-state index contributed by atoms with van der Waals surface area (Å²) in [5.41, 5.74) is 4.05. The highest BCUT2D eigenvalue weighted by molar-refractivity contribution is 7.90. The van der Waals surface area contributed by atoms with Crippen LogP contribution in [0.2, 0.25) is 0 Å². The van der Waals surface area contributed by atoms with Gasteiger partial charge in [-0.25, -0.2) is 18.1 Å². The molecule has 9 rings (SSSR count). The molecule has 4 heterocycles. The first-order chi connectivity index (χ1) is 31.2. The summed E-state index contributed by atoms with van der Waals surface area (Å²) in [5, 5.41) is 16.2. The second kappa shape index (κ2) is 18.0. The fraction of sp³-hybridized carbons (Fsp3) is 0.480. The lowest BCUT2D eigenvalue weighted by atomic mass is 9.59. The first-order valence-corrected chi connectivity index (χ1v) is 24.7. The minimum absolute atomic E-state index is 0.0135. The Labute approximate surface area is 381 Å². The zero-order valence-corrected chi connectivity index (χ0v) is 38.7. The van der Waals surface area contributed by atoms with E-state index in [9.17, 15) is 23.3 Å². The van der Waals surface area contributed by atoms with Gasteiger partial charge in [-0.1, -0.05) is 45.0 Å². The van der Waals surface area contributed by atoms with Crippen LogP contribution in [0.3, 0.4) is 0 Å². The first-order valence-electron chi connectivity index (χ1n) is 23.2. The Balaban J connectivity index is 0.903. The lowest BCUT2D eigenvalue weighted by Crippen LogP contribution is -2.54. The summed E-state index contributed by atoms with van der Waals surface area (Å²) >= 11 is 0. The van der Waals surface area contributed by atoms with E-state index in [0.29, 0.717) is 47.3 Å². The maximum absolute atomic E-state index is 14.0. The number of rotatable bonds is 14. The molecule has 1 spiro atoms. The largest absolute Gasteiger partial charge is 0.455 e. The number of hydrogen-bond donors (Lipinski definition) is 3. The van der Waals surface area contributed by atoms with Gasteiger partial charge in [0.15, 0.2) is 0 Å². The molecule has 15 heteroatoms. The molecule has 2 aromatic heterocycles. The summed E-state index contributed by atoms with van der Waals surface area (Å²) in [6, 6.07) is 22.5. The lowest BCUT2D eigenvalue weighted by Gasteiger charge is -2.56. The molecular weight excluding hydrogens is 843 g/mol. The Morgan fingerprint density at radius 2 is 1.75 bits per heavy atom. The summed E-state index contributed by atoms with van der Waals surface area (Å²) < 4.78 is 42.0. The SMILES string of the molecule is CO[C@]1(CNc2ccc(S(=O)(=O)NC(=O)c3ccc(N4CCC5(CC4)CC(N4CCC[C@H]4c4ccccc4C(C)C)C5)cc3Oc3cnc4[nH]ccc4c3)cc2[N+](=O)[O-])CC[C@@H](C)CC1. The van der Waals surface area contributed by atoms with Gasteiger partial charge in [0, 0.05) is 68.2 Å². The molecule has 0 bridgehead atoms. The molecule has 1 atom stereocenters. The van der Waals surface area contributed by atoms with E-state index in [-0.39, 0.29) is 17.0 Å². The molecule has 0 unspecified atom stereocenters. The molecule has 65 heavy (non-hydrogen) atoms. The minimum Gasteiger partial charge on any atom is -0.455 e. The van der Waals surface area contributed by atoms with Crippen LogP contribution in [0.15, 0.2) is 90.1 Å². The second-order valence-corrected chi connectivity index (χ2v) is 21.1. The number of nitro groups is 1. The number of benzene rings is 3. The van der Waals surface area contributed by atoms with Gasteiger partial charge in [-0.2, -0.15) is 0 Å². The molecule has 2 aliphatic heterocycles. The van der Waals surface area contributed by atoms with Crippen molar-refractivity contribution in [3.63, 3.8) is 0 Å². The van der Waals surface area contributed by atoms with Crippen molar-refractivity contribution in [1.29, 1.82) is 0 Å². The van der Waals surface area contributed by atoms with Crippen LogP contribution >= 0.6 is 0 Å². The summed E-state index contributed by atoms with van der Waals surface area (Å²) in [7, 11) is -2.92. The van der Waals surface area contributed by atoms with E-state index in [1.165, 1.54) is 48.9 Å². The summed E-state index contributed by atoms with van der Waals surface area (Å²) in [6.07, 6.45) is 13.9. The smallest absolute Gasteiger partial charge is 0.293 e. The normalized spacial score (nSPS) is 22.6. The number of methoxy groups -OCH3 is 1. The number of nitro benzene ring substituents is 1. The number of carbonyl (C=O) groups is 1. The maximum Gasteiger partial charge on any atom is 0.293 e. The quantitative estimate of drug-likeness (QED) is 0.0715. The molecule has 5 aromatic rings. The number of fused-ring (bicyclic) bond motifs is 1. The van der Waals surface area contributed by atoms with Gasteiger partial charge in [0.05, 0.1) is 27.2 Å². The number of aromatic amines is 1. The zero-order chi connectivity index (χ0) is 45.5. The van der Waals surface area contributed by atoms with Gasteiger partial charge < -0.3 is 24.7 Å². The van der Waals surface area contributed by atoms with E-state index in [1.807, 2.05) is 12.1 Å². The predicted octanol–water partition coefficient (Wildman–Crippen LogP) is 10.1. The van der Waals surface area contributed by atoms with Crippen molar-refractivity contribution in [2.75, 3.05) is 43.5 Å². The molecule has 3 N–H and O–H groups in total. The zero-order valence-electron chi connectivity index (χ0n) is 37.8. The minimum atomic E-state index is -4.57. The number of aromatic nitrogens is 2. The van der Waals surface area contributed by atoms with Crippen LogP contribution in [0.25, 0.3) is 11.0 Å². The highest BCUT2D eigenvalue weighted by atomic mass is 32.2. The van der Waals surface area contributed by atoms with Crippen molar-refractivity contribution >= 4 is 44.0 Å². The third-order valence-corrected chi connectivity index (χ3v) is 16.3. The third-order valence-electron chi connectivity index (χ3n) is 15.0. The Morgan fingerprint density at radius 1 is 0.985 bits per heavy atom. The Hall–Kier alpha value is -5.51. The van der Waals surface area contributed by atoms with Crippen molar-refractivity contribution in [2.24, 2.45) is 11.3 Å². The highest BCUT2D eigenvalue weighted by Crippen LogP contribution is 2.54. The summed E-state index contributed by atoms with van der Waals surface area (Å²) in [6.45, 7) is 9.95. The Bertz CT molecular complexity index is 2660. The van der Waals surface area contributed by atoms with E-state index in [1.54, 1.807) is 37.7 Å². The fourth-order valence-corrected chi connectivity index (χ4v) is 12.0. The predicted molar refractivity (Wildman–Crippen MR) is 252 cm³/mol. The van der Waals surface area contributed by atoms with Crippen molar-refractivity contribution in [3.8, 4) is 11.5 Å². The number of likely N-dealkylation sites (tertiary alicyclic amines) is 1. The van der Waals surface area contributed by atoms with Crippen molar-refractivity contribution in [2.45, 2.75) is 113 Å². The molecule has 14 nitrogen and oxygen atoms in total. The standard InChI is InChI=1S/C50H61N7O7S/c1-33(2)40-8-5-6-9-41(40)44-10-7-23-56(44)37-29-49(30-37)20-24-55(25-21-49)36-11-13-42(46(27-36)64-38-26-35-17-22-51-47(35)52-31-38)48(58)54-65(61,62)39-12-14-43(45(28-39)57(59)60)53-32-50(63-4)18-15-34(3)16-19-50/h5-6,8-9,11-14,17,22,26-28,31,33-34,37,44,53H,7,10,15-16,18-21,23-25,29-30,32H2,1-4H3,(H,51,52)(H,54,58)/t34-,44-,50-/m0/s1. The molecule has 3 aromatic carbocycles. The number of piperidine rings is 1. The topological polar surface area (TPSA) is 172 Å². The third kappa shape index (κ3) is 9.19. The van der Waals surface area contributed by atoms with E-state index in [2.05, 4.69) is 74.8 Å². The van der Waals surface area contributed by atoms with Crippen LogP contribution in [0.1, 0.15) is 118 Å². The number of anilines is 2. The van der Waals surface area contributed by atoms with E-state index in [0.717, 1.165) is 75.3 Å². The van der Waals surface area contributed by atoms with Gasteiger partial charge in [-0.3, -0.25) is 19.8 Å². The molecule has 2 saturated heterocycles. The van der Waals surface area contributed by atoms with Crippen LogP contribution < -0.4 is 19.7 Å². The molecule has 344 valence electrons. The molecule has 2 saturated carbocycles. The van der Waals surface area contributed by atoms with Gasteiger partial charge >= 0.3 is 0 Å². The van der Waals surface area contributed by atoms with E-state index < -0.39 is 37.0 Å². The molecule has 2 aliphatic carbocycles. The molecule has 4 aliphatic rings. The number of amides is 1. The number of pyridine rings is 1. The second-order valence-electron chi connectivity index (χ2n) is 19.4. The molecule has 0 radical (unpaired) electrons. The number of hydrogen-bond acceptors (Lipinski definition) is 11. The van der Waals surface area contributed by atoms with E-state index >= 15 is 0 Å². The van der Waals surface area contributed by atoms with Gasteiger partial charge in [0.25, 0.3) is 21.6 Å². The van der Waals surface area contributed by atoms with E-state index in [4.69, 9.17) is 9.47 Å². The van der Waals surface area contributed by atoms with Crippen LogP contribution in [0.5, 0.6) is 11.5 Å². The number of H-pyrrole nitrogens is 1. The van der Waals surface area contributed by atoms with Crippen LogP contribution in [-0.2, 0) is 14.8 Å². The fourth-order valence-electron chi connectivity index (χ4n) is 11.0. The number of nitrogens with zero attached hydrogens (tertiary/aromatic N) is 4. The molecule has 4 fully saturated rings. The molecule has 1 amide bonds. The average molecular weight is 904 g/mol. The van der Waals surface area contributed by atoms with Crippen LogP contribution in [0, 0.1) is 21.4 Å². The van der Waals surface area contributed by atoms with Gasteiger partial charge in [0.2, 0.25) is 0 Å². The van der Waals surface area contributed by atoms with Crippen molar-refractivity contribution in [3.05, 3.63) is 112 Å². The lowest BCUT2D eigenvalue weighted by molar-refractivity contribution is -0.384. The molecular formula is C50H61N7O7S. The van der Waals surface area contributed by atoms with Crippen molar-refractivity contribution in [1.82, 2.24) is 19.6 Å². The first kappa shape index (κ1) is 44.7.